The van der Waals surface area contributed by atoms with Gasteiger partial charge in [-0.1, -0.05) is 34.1 Å². The molecule has 0 saturated carbocycles. The van der Waals surface area contributed by atoms with Crippen LogP contribution in [0.4, 0.5) is 0 Å². The fourth-order valence-electron chi connectivity index (χ4n) is 0.827. The van der Waals surface area contributed by atoms with E-state index >= 15 is 0 Å². The van der Waals surface area contributed by atoms with Crippen molar-refractivity contribution in [3.63, 3.8) is 0 Å². The van der Waals surface area contributed by atoms with Crippen LogP contribution in [0.2, 0.25) is 0 Å². The number of hydrogen-bond donors (Lipinski definition) is 1. The van der Waals surface area contributed by atoms with E-state index in [0.29, 0.717) is 0 Å². The first-order chi connectivity index (χ1) is 5.24. The van der Waals surface area contributed by atoms with Crippen molar-refractivity contribution in [2.24, 2.45) is 0 Å². The molecule has 1 N–H and O–H groups in total. The van der Waals surface area contributed by atoms with Crippen molar-refractivity contribution in [3.05, 3.63) is 47.0 Å². The lowest BCUT2D eigenvalue weighted by atomic mass is 10.1. The molecule has 11 heavy (non-hydrogen) atoms. The third-order valence-corrected chi connectivity index (χ3v) is 1.91. The van der Waals surface area contributed by atoms with E-state index in [0.717, 1.165) is 10.0 Å². The van der Waals surface area contributed by atoms with Crippen LogP contribution in [-0.4, -0.2) is 5.11 Å². The van der Waals surface area contributed by atoms with Crippen molar-refractivity contribution >= 4 is 15.9 Å². The quantitative estimate of drug-likeness (QED) is 0.748. The topological polar surface area (TPSA) is 20.2 Å². The number of halogens is 1. The number of aliphatic hydroxyl groups excluding tert-OH is 1. The Morgan fingerprint density at radius 1 is 1.55 bits per heavy atom. The second kappa shape index (κ2) is 3.69. The number of hydrogen-bond acceptors (Lipinski definition) is 1. The van der Waals surface area contributed by atoms with Crippen LogP contribution in [-0.2, 0) is 0 Å². The third kappa shape index (κ3) is 2.17. The van der Waals surface area contributed by atoms with Crippen LogP contribution in [0.25, 0.3) is 0 Å². The molecule has 0 amide bonds. The summed E-state index contributed by atoms with van der Waals surface area (Å²) in [5, 5.41) is 9.31. The van der Waals surface area contributed by atoms with Gasteiger partial charge in [0.25, 0.3) is 0 Å². The van der Waals surface area contributed by atoms with Gasteiger partial charge < -0.3 is 5.11 Å². The Morgan fingerprint density at radius 3 is 2.82 bits per heavy atom. The first kappa shape index (κ1) is 8.50. The number of benzene rings is 1. The van der Waals surface area contributed by atoms with Crippen LogP contribution in [0.15, 0.2) is 41.4 Å². The van der Waals surface area contributed by atoms with Crippen molar-refractivity contribution in [1.29, 1.82) is 0 Å². The molecule has 0 aromatic heterocycles. The molecule has 0 aliphatic carbocycles. The highest BCUT2D eigenvalue weighted by atomic mass is 79.9. The van der Waals surface area contributed by atoms with E-state index in [-0.39, 0.29) is 0 Å². The lowest BCUT2D eigenvalue weighted by molar-refractivity contribution is 0.229. The summed E-state index contributed by atoms with van der Waals surface area (Å²) in [5.74, 6) is 0. The van der Waals surface area contributed by atoms with E-state index in [1.165, 1.54) is 6.08 Å². The van der Waals surface area contributed by atoms with Crippen molar-refractivity contribution in [2.45, 2.75) is 6.10 Å². The van der Waals surface area contributed by atoms with Crippen LogP contribution >= 0.6 is 15.9 Å². The maximum Gasteiger partial charge on any atom is 0.0969 e. The van der Waals surface area contributed by atoms with E-state index < -0.39 is 6.10 Å². The van der Waals surface area contributed by atoms with Crippen LogP contribution in [0.5, 0.6) is 0 Å². The molecule has 1 aromatic rings. The Morgan fingerprint density at radius 2 is 2.27 bits per heavy atom. The molecular formula is C9H9BrO. The minimum absolute atomic E-state index is 0.563. The Labute approximate surface area is 74.5 Å². The lowest BCUT2D eigenvalue weighted by Crippen LogP contribution is -1.90. The van der Waals surface area contributed by atoms with E-state index in [9.17, 15) is 5.11 Å². The van der Waals surface area contributed by atoms with Gasteiger partial charge in [-0.3, -0.25) is 0 Å². The maximum atomic E-state index is 9.31. The van der Waals surface area contributed by atoms with E-state index in [2.05, 4.69) is 22.5 Å². The Kier molecular flexibility index (Phi) is 2.85. The molecule has 0 heterocycles. The highest BCUT2D eigenvalue weighted by Crippen LogP contribution is 2.18. The molecule has 0 aliphatic rings. The molecule has 0 radical (unpaired) electrons. The molecule has 1 unspecified atom stereocenters. The second-order valence-corrected chi connectivity index (χ2v) is 3.15. The van der Waals surface area contributed by atoms with Crippen molar-refractivity contribution in [3.8, 4) is 0 Å². The molecule has 1 aromatic carbocycles. The van der Waals surface area contributed by atoms with Gasteiger partial charge in [0.1, 0.15) is 0 Å². The standard InChI is InChI=1S/C9H9BrO/c1-2-9(11)7-4-3-5-8(10)6-7/h2-6,9,11H,1H2. The molecule has 2 heteroatoms. The summed E-state index contributed by atoms with van der Waals surface area (Å²) in [6.07, 6.45) is 0.939. The summed E-state index contributed by atoms with van der Waals surface area (Å²) in [6.45, 7) is 3.50. The van der Waals surface area contributed by atoms with Crippen LogP contribution in [0.1, 0.15) is 11.7 Å². The SMILES string of the molecule is C=CC(O)c1cccc(Br)c1. The van der Waals surface area contributed by atoms with Gasteiger partial charge in [-0.05, 0) is 17.7 Å². The molecule has 0 aliphatic heterocycles. The summed E-state index contributed by atoms with van der Waals surface area (Å²) in [7, 11) is 0. The molecule has 0 fully saturated rings. The fraction of sp³-hybridized carbons (Fsp3) is 0.111. The minimum Gasteiger partial charge on any atom is -0.384 e. The zero-order chi connectivity index (χ0) is 8.27. The summed E-state index contributed by atoms with van der Waals surface area (Å²) in [4.78, 5) is 0. The zero-order valence-corrected chi connectivity index (χ0v) is 7.58. The predicted molar refractivity (Wildman–Crippen MR) is 49.3 cm³/mol. The van der Waals surface area contributed by atoms with Crippen molar-refractivity contribution < 1.29 is 5.11 Å². The minimum atomic E-state index is -0.563. The normalized spacial score (nSPS) is 12.5. The molecule has 58 valence electrons. The van der Waals surface area contributed by atoms with E-state index in [4.69, 9.17) is 0 Å². The van der Waals surface area contributed by atoms with Gasteiger partial charge in [-0.15, -0.1) is 6.58 Å². The van der Waals surface area contributed by atoms with Crippen molar-refractivity contribution in [1.82, 2.24) is 0 Å². The monoisotopic (exact) mass is 212 g/mol. The smallest absolute Gasteiger partial charge is 0.0969 e. The third-order valence-electron chi connectivity index (χ3n) is 1.41. The van der Waals surface area contributed by atoms with Gasteiger partial charge in [-0.2, -0.15) is 0 Å². The zero-order valence-electron chi connectivity index (χ0n) is 6.00. The van der Waals surface area contributed by atoms with Crippen LogP contribution in [0, 0.1) is 0 Å². The number of rotatable bonds is 2. The molecule has 1 nitrogen and oxygen atoms in total. The predicted octanol–water partition coefficient (Wildman–Crippen LogP) is 2.67. The summed E-state index contributed by atoms with van der Waals surface area (Å²) in [5.41, 5.74) is 0.856. The Bertz CT molecular complexity index is 257. The number of aliphatic hydroxyl groups is 1. The Hall–Kier alpha value is -0.600. The Balaban J connectivity index is 2.95. The van der Waals surface area contributed by atoms with Gasteiger partial charge in [-0.25, -0.2) is 0 Å². The summed E-state index contributed by atoms with van der Waals surface area (Å²) >= 11 is 3.31. The molecule has 0 saturated heterocycles. The molecule has 1 atom stereocenters. The average molecular weight is 213 g/mol. The van der Waals surface area contributed by atoms with Crippen LogP contribution in [0.3, 0.4) is 0 Å². The molecule has 0 bridgehead atoms. The van der Waals surface area contributed by atoms with Gasteiger partial charge in [0.05, 0.1) is 6.10 Å². The summed E-state index contributed by atoms with van der Waals surface area (Å²) < 4.78 is 0.968. The second-order valence-electron chi connectivity index (χ2n) is 2.24. The van der Waals surface area contributed by atoms with Crippen molar-refractivity contribution in [2.75, 3.05) is 0 Å². The first-order valence-corrected chi connectivity index (χ1v) is 4.09. The van der Waals surface area contributed by atoms with Gasteiger partial charge in [0.15, 0.2) is 0 Å². The van der Waals surface area contributed by atoms with E-state index in [1.54, 1.807) is 0 Å². The van der Waals surface area contributed by atoms with E-state index in [1.807, 2.05) is 24.3 Å². The largest absolute Gasteiger partial charge is 0.384 e. The molecular weight excluding hydrogens is 204 g/mol. The first-order valence-electron chi connectivity index (χ1n) is 3.30. The summed E-state index contributed by atoms with van der Waals surface area (Å²) in [6, 6.07) is 7.52. The van der Waals surface area contributed by atoms with Gasteiger partial charge in [0, 0.05) is 4.47 Å². The highest BCUT2D eigenvalue weighted by Gasteiger charge is 2.00. The van der Waals surface area contributed by atoms with Gasteiger partial charge >= 0.3 is 0 Å². The average Bonchev–Trinajstić information content (AvgIpc) is 2.03. The lowest BCUT2D eigenvalue weighted by Gasteiger charge is -2.04. The molecule has 1 rings (SSSR count). The molecule has 0 spiro atoms. The van der Waals surface area contributed by atoms with Crippen LogP contribution < -0.4 is 0 Å². The van der Waals surface area contributed by atoms with Gasteiger partial charge in [0.2, 0.25) is 0 Å². The maximum absolute atomic E-state index is 9.31. The fourth-order valence-corrected chi connectivity index (χ4v) is 1.24. The highest BCUT2D eigenvalue weighted by molar-refractivity contribution is 9.10.